The van der Waals surface area contributed by atoms with Crippen molar-refractivity contribution in [2.45, 2.75) is 5.92 Å². The SMILES string of the molecule is [C-]#[N+]c1c(N2CC(F)(F)C2)cc(Cl)c(F)c1Br. The molecule has 0 atom stereocenters. The number of anilines is 1. The van der Waals surface area contributed by atoms with Gasteiger partial charge in [-0.15, -0.1) is 0 Å². The smallest absolute Gasteiger partial charge is 0.282 e. The molecule has 7 heteroatoms. The summed E-state index contributed by atoms with van der Waals surface area (Å²) in [6, 6.07) is 1.20. The molecule has 2 rings (SSSR count). The molecule has 0 radical (unpaired) electrons. The minimum absolute atomic E-state index is 0.0394. The second kappa shape index (κ2) is 4.07. The third-order valence-corrected chi connectivity index (χ3v) is 3.41. The van der Waals surface area contributed by atoms with Crippen molar-refractivity contribution in [3.63, 3.8) is 0 Å². The lowest BCUT2D eigenvalue weighted by Gasteiger charge is -2.41. The van der Waals surface area contributed by atoms with E-state index < -0.39 is 24.8 Å². The first kappa shape index (κ1) is 12.5. The van der Waals surface area contributed by atoms with Crippen molar-refractivity contribution in [2.24, 2.45) is 0 Å². The van der Waals surface area contributed by atoms with Gasteiger partial charge in [-0.25, -0.2) is 18.0 Å². The van der Waals surface area contributed by atoms with Crippen LogP contribution in [0.4, 0.5) is 24.5 Å². The molecule has 1 aliphatic heterocycles. The quantitative estimate of drug-likeness (QED) is 0.553. The van der Waals surface area contributed by atoms with Crippen molar-refractivity contribution < 1.29 is 13.2 Å². The van der Waals surface area contributed by atoms with E-state index in [0.717, 1.165) is 0 Å². The lowest BCUT2D eigenvalue weighted by Crippen LogP contribution is -2.56. The van der Waals surface area contributed by atoms with Gasteiger partial charge >= 0.3 is 0 Å². The standard InChI is InChI=1S/C10H5BrClF3N2/c1-16-9-6(17-3-10(14,15)4-17)2-5(12)8(13)7(9)11/h2H,3-4H2. The maximum Gasteiger partial charge on any atom is 0.282 e. The number of rotatable bonds is 1. The summed E-state index contributed by atoms with van der Waals surface area (Å²) in [5.41, 5.74) is 0.187. The van der Waals surface area contributed by atoms with Gasteiger partial charge in [0, 0.05) is 5.69 Å². The first-order chi connectivity index (χ1) is 7.85. The zero-order valence-corrected chi connectivity index (χ0v) is 10.6. The third kappa shape index (κ3) is 2.09. The van der Waals surface area contributed by atoms with Crippen LogP contribution < -0.4 is 4.90 Å². The molecular formula is C10H5BrClF3N2. The predicted octanol–water partition coefficient (Wildman–Crippen LogP) is 4.25. The fourth-order valence-electron chi connectivity index (χ4n) is 1.60. The van der Waals surface area contributed by atoms with E-state index in [1.54, 1.807) is 0 Å². The van der Waals surface area contributed by atoms with E-state index in [2.05, 4.69) is 20.8 Å². The summed E-state index contributed by atoms with van der Waals surface area (Å²) in [5, 5.41) is -0.200. The summed E-state index contributed by atoms with van der Waals surface area (Å²) in [6.45, 7) is 5.99. The van der Waals surface area contributed by atoms with Crippen LogP contribution in [-0.2, 0) is 0 Å². The molecule has 1 heterocycles. The summed E-state index contributed by atoms with van der Waals surface area (Å²) in [6.07, 6.45) is 0. The molecule has 1 aromatic rings. The molecule has 0 amide bonds. The normalized spacial score (nSPS) is 17.5. The molecule has 90 valence electrons. The average Bonchev–Trinajstić information content (AvgIpc) is 2.22. The van der Waals surface area contributed by atoms with Gasteiger partial charge in [-0.2, -0.15) is 0 Å². The maximum atomic E-state index is 13.4. The Bertz CT molecular complexity index is 519. The second-order valence-corrected chi connectivity index (χ2v) is 4.88. The van der Waals surface area contributed by atoms with E-state index in [1.807, 2.05) is 0 Å². The van der Waals surface area contributed by atoms with Crippen molar-refractivity contribution in [3.05, 3.63) is 32.8 Å². The van der Waals surface area contributed by atoms with Crippen molar-refractivity contribution in [1.29, 1.82) is 0 Å². The van der Waals surface area contributed by atoms with Gasteiger partial charge in [0.1, 0.15) is 5.82 Å². The maximum absolute atomic E-state index is 13.4. The summed E-state index contributed by atoms with van der Waals surface area (Å²) >= 11 is 8.53. The van der Waals surface area contributed by atoms with E-state index in [9.17, 15) is 13.2 Å². The molecule has 0 aliphatic carbocycles. The van der Waals surface area contributed by atoms with Gasteiger partial charge in [-0.3, -0.25) is 0 Å². The van der Waals surface area contributed by atoms with Crippen LogP contribution in [0.3, 0.4) is 0 Å². The largest absolute Gasteiger partial charge is 0.368 e. The van der Waals surface area contributed by atoms with Gasteiger partial charge in [0.25, 0.3) is 5.92 Å². The fourth-order valence-corrected chi connectivity index (χ4v) is 2.42. The number of benzene rings is 1. The molecule has 0 saturated carbocycles. The molecule has 1 saturated heterocycles. The highest BCUT2D eigenvalue weighted by atomic mass is 79.9. The zero-order chi connectivity index (χ0) is 12.8. The van der Waals surface area contributed by atoms with E-state index >= 15 is 0 Å². The van der Waals surface area contributed by atoms with Crippen molar-refractivity contribution in [2.75, 3.05) is 18.0 Å². The Morgan fingerprint density at radius 1 is 1.47 bits per heavy atom. The number of hydrogen-bond acceptors (Lipinski definition) is 1. The van der Waals surface area contributed by atoms with Gasteiger partial charge in [-0.1, -0.05) is 27.5 Å². The average molecular weight is 326 g/mol. The molecule has 0 spiro atoms. The Hall–Kier alpha value is -0.930. The van der Waals surface area contributed by atoms with Crippen LogP contribution in [0, 0.1) is 12.4 Å². The Kier molecular flexibility index (Phi) is 3.00. The summed E-state index contributed by atoms with van der Waals surface area (Å²) in [4.78, 5) is 4.44. The van der Waals surface area contributed by atoms with E-state index in [-0.39, 0.29) is 20.9 Å². The minimum Gasteiger partial charge on any atom is -0.368 e. The minimum atomic E-state index is -2.76. The lowest BCUT2D eigenvalue weighted by molar-refractivity contribution is -0.0261. The van der Waals surface area contributed by atoms with Crippen LogP contribution in [0.1, 0.15) is 0 Å². The lowest BCUT2D eigenvalue weighted by atomic mass is 10.1. The summed E-state index contributed by atoms with van der Waals surface area (Å²) < 4.78 is 38.8. The summed E-state index contributed by atoms with van der Waals surface area (Å²) in [7, 11) is 0. The van der Waals surface area contributed by atoms with Crippen LogP contribution in [0.5, 0.6) is 0 Å². The van der Waals surface area contributed by atoms with E-state index in [0.29, 0.717) is 0 Å². The van der Waals surface area contributed by atoms with Gasteiger partial charge in [0.15, 0.2) is 0 Å². The van der Waals surface area contributed by atoms with Gasteiger partial charge in [0.2, 0.25) is 5.69 Å². The molecule has 1 aliphatic rings. The number of hydrogen-bond donors (Lipinski definition) is 0. The van der Waals surface area contributed by atoms with Crippen LogP contribution in [-0.4, -0.2) is 19.0 Å². The Morgan fingerprint density at radius 2 is 2.06 bits per heavy atom. The molecule has 0 aromatic heterocycles. The summed E-state index contributed by atoms with van der Waals surface area (Å²) in [5.74, 6) is -3.51. The van der Waals surface area contributed by atoms with Crippen LogP contribution in [0.25, 0.3) is 4.85 Å². The van der Waals surface area contributed by atoms with E-state index in [1.165, 1.54) is 11.0 Å². The number of nitrogens with zero attached hydrogens (tertiary/aromatic N) is 2. The molecule has 0 N–H and O–H groups in total. The van der Waals surface area contributed by atoms with Crippen molar-refractivity contribution in [3.8, 4) is 0 Å². The molecule has 2 nitrogen and oxygen atoms in total. The predicted molar refractivity (Wildman–Crippen MR) is 62.5 cm³/mol. The number of alkyl halides is 2. The van der Waals surface area contributed by atoms with Gasteiger partial charge in [0.05, 0.1) is 29.2 Å². The highest BCUT2D eigenvalue weighted by Gasteiger charge is 2.44. The monoisotopic (exact) mass is 324 g/mol. The highest BCUT2D eigenvalue weighted by molar-refractivity contribution is 9.10. The molecule has 0 bridgehead atoms. The van der Waals surface area contributed by atoms with Crippen LogP contribution >= 0.6 is 27.5 Å². The van der Waals surface area contributed by atoms with Gasteiger partial charge in [-0.05, 0) is 6.07 Å². The van der Waals surface area contributed by atoms with Crippen LogP contribution in [0.2, 0.25) is 5.02 Å². The molecule has 17 heavy (non-hydrogen) atoms. The Morgan fingerprint density at radius 3 is 2.53 bits per heavy atom. The van der Waals surface area contributed by atoms with Crippen molar-refractivity contribution in [1.82, 2.24) is 0 Å². The second-order valence-electron chi connectivity index (χ2n) is 3.68. The van der Waals surface area contributed by atoms with Gasteiger partial charge < -0.3 is 4.90 Å². The highest BCUT2D eigenvalue weighted by Crippen LogP contribution is 2.44. The fraction of sp³-hybridized carbons (Fsp3) is 0.300. The molecule has 0 unspecified atom stereocenters. The Labute approximate surface area is 109 Å². The van der Waals surface area contributed by atoms with Crippen LogP contribution in [0.15, 0.2) is 10.5 Å². The Balaban J connectivity index is 2.46. The first-order valence-electron chi connectivity index (χ1n) is 4.53. The molecule has 1 fully saturated rings. The molecular weight excluding hydrogens is 320 g/mol. The van der Waals surface area contributed by atoms with Crippen molar-refractivity contribution >= 4 is 38.9 Å². The first-order valence-corrected chi connectivity index (χ1v) is 5.70. The van der Waals surface area contributed by atoms with E-state index in [4.69, 9.17) is 18.2 Å². The number of halogens is 5. The molecule has 1 aromatic carbocycles. The zero-order valence-electron chi connectivity index (χ0n) is 8.28. The third-order valence-electron chi connectivity index (χ3n) is 2.41. The topological polar surface area (TPSA) is 7.60 Å².